The minimum atomic E-state index is -0.454. The van der Waals surface area contributed by atoms with Crippen molar-refractivity contribution < 1.29 is 19.0 Å². The molecular formula is C7H12O4. The molecule has 1 unspecified atom stereocenters. The number of carbonyl (C=O) groups is 1. The first kappa shape index (κ1) is 8.49. The SMILES string of the molecule is COC(OC)C1CCOC1=O. The number of hydrogen-bond acceptors (Lipinski definition) is 4. The van der Waals surface area contributed by atoms with Crippen LogP contribution < -0.4 is 0 Å². The number of hydrogen-bond donors (Lipinski definition) is 0. The van der Waals surface area contributed by atoms with Gasteiger partial charge in [-0.05, 0) is 6.42 Å². The predicted molar refractivity (Wildman–Crippen MR) is 36.9 cm³/mol. The second kappa shape index (κ2) is 3.69. The maximum absolute atomic E-state index is 11.0. The van der Waals surface area contributed by atoms with Crippen molar-refractivity contribution in [3.8, 4) is 0 Å². The molecule has 1 rings (SSSR count). The molecule has 0 spiro atoms. The molecule has 0 aromatic rings. The molecule has 0 amide bonds. The second-order valence-electron chi connectivity index (χ2n) is 2.40. The molecule has 0 bridgehead atoms. The molecule has 0 aromatic heterocycles. The topological polar surface area (TPSA) is 44.8 Å². The van der Waals surface area contributed by atoms with Gasteiger partial charge in [0.2, 0.25) is 0 Å². The highest BCUT2D eigenvalue weighted by molar-refractivity contribution is 5.74. The monoisotopic (exact) mass is 160 g/mol. The Labute approximate surface area is 65.4 Å². The Hall–Kier alpha value is -0.610. The first-order valence-corrected chi connectivity index (χ1v) is 3.52. The molecule has 4 heteroatoms. The molecule has 1 fully saturated rings. The summed E-state index contributed by atoms with van der Waals surface area (Å²) in [5, 5.41) is 0. The van der Waals surface area contributed by atoms with Crippen LogP contribution >= 0.6 is 0 Å². The molecule has 4 nitrogen and oxygen atoms in total. The van der Waals surface area contributed by atoms with E-state index in [2.05, 4.69) is 0 Å². The van der Waals surface area contributed by atoms with Crippen LogP contribution in [-0.4, -0.2) is 33.1 Å². The van der Waals surface area contributed by atoms with Gasteiger partial charge >= 0.3 is 5.97 Å². The van der Waals surface area contributed by atoms with Gasteiger partial charge in [0.25, 0.3) is 0 Å². The van der Waals surface area contributed by atoms with Crippen LogP contribution in [0.5, 0.6) is 0 Å². The zero-order valence-electron chi connectivity index (χ0n) is 6.70. The maximum atomic E-state index is 11.0. The van der Waals surface area contributed by atoms with Crippen molar-refractivity contribution in [2.45, 2.75) is 12.7 Å². The Morgan fingerprint density at radius 1 is 1.55 bits per heavy atom. The summed E-state index contributed by atoms with van der Waals surface area (Å²) >= 11 is 0. The highest BCUT2D eigenvalue weighted by Gasteiger charge is 2.34. The highest BCUT2D eigenvalue weighted by atomic mass is 16.7. The van der Waals surface area contributed by atoms with Gasteiger partial charge in [-0.1, -0.05) is 0 Å². The van der Waals surface area contributed by atoms with Crippen molar-refractivity contribution in [1.82, 2.24) is 0 Å². The van der Waals surface area contributed by atoms with E-state index in [1.165, 1.54) is 14.2 Å². The van der Waals surface area contributed by atoms with E-state index in [0.29, 0.717) is 13.0 Å². The van der Waals surface area contributed by atoms with E-state index < -0.39 is 6.29 Å². The Balaban J connectivity index is 2.49. The van der Waals surface area contributed by atoms with E-state index in [1.807, 2.05) is 0 Å². The van der Waals surface area contributed by atoms with Crippen LogP contribution in [0.15, 0.2) is 0 Å². The molecular weight excluding hydrogens is 148 g/mol. The van der Waals surface area contributed by atoms with Gasteiger partial charge in [-0.2, -0.15) is 0 Å². The minimum Gasteiger partial charge on any atom is -0.465 e. The third-order valence-electron chi connectivity index (χ3n) is 1.77. The van der Waals surface area contributed by atoms with Crippen LogP contribution in [0.3, 0.4) is 0 Å². The standard InChI is InChI=1S/C7H12O4/c1-9-7(10-2)5-3-4-11-6(5)8/h5,7H,3-4H2,1-2H3. The molecule has 0 saturated carbocycles. The summed E-state index contributed by atoms with van der Waals surface area (Å²) in [6, 6.07) is 0. The lowest BCUT2D eigenvalue weighted by molar-refractivity contribution is -0.164. The molecule has 1 aliphatic heterocycles. The summed E-state index contributed by atoms with van der Waals surface area (Å²) in [5.74, 6) is -0.469. The third-order valence-corrected chi connectivity index (χ3v) is 1.77. The fourth-order valence-corrected chi connectivity index (χ4v) is 1.18. The van der Waals surface area contributed by atoms with E-state index in [9.17, 15) is 4.79 Å². The van der Waals surface area contributed by atoms with Crippen LogP contribution in [0, 0.1) is 5.92 Å². The Morgan fingerprint density at radius 2 is 2.18 bits per heavy atom. The van der Waals surface area contributed by atoms with Gasteiger partial charge in [-0.25, -0.2) is 0 Å². The summed E-state index contributed by atoms with van der Waals surface area (Å²) in [5.41, 5.74) is 0. The van der Waals surface area contributed by atoms with Crippen LogP contribution in [0.2, 0.25) is 0 Å². The van der Waals surface area contributed by atoms with Crippen LogP contribution in [0.25, 0.3) is 0 Å². The Bertz CT molecular complexity index is 141. The van der Waals surface area contributed by atoms with Gasteiger partial charge in [-0.3, -0.25) is 4.79 Å². The van der Waals surface area contributed by atoms with Gasteiger partial charge in [0.15, 0.2) is 6.29 Å². The molecule has 1 atom stereocenters. The fraction of sp³-hybridized carbons (Fsp3) is 0.857. The lowest BCUT2D eigenvalue weighted by Crippen LogP contribution is -2.28. The number of carbonyl (C=O) groups excluding carboxylic acids is 1. The summed E-state index contributed by atoms with van der Waals surface area (Å²) in [7, 11) is 3.03. The first-order valence-electron chi connectivity index (χ1n) is 3.52. The molecule has 1 heterocycles. The third kappa shape index (κ3) is 1.70. The van der Waals surface area contributed by atoms with Crippen molar-refractivity contribution in [3.63, 3.8) is 0 Å². The van der Waals surface area contributed by atoms with E-state index in [1.54, 1.807) is 0 Å². The van der Waals surface area contributed by atoms with Gasteiger partial charge < -0.3 is 14.2 Å². The molecule has 0 radical (unpaired) electrons. The zero-order chi connectivity index (χ0) is 8.27. The molecule has 0 aliphatic carbocycles. The van der Waals surface area contributed by atoms with E-state index in [-0.39, 0.29) is 11.9 Å². The minimum absolute atomic E-state index is 0.223. The van der Waals surface area contributed by atoms with Crippen molar-refractivity contribution in [2.24, 2.45) is 5.92 Å². The van der Waals surface area contributed by atoms with Gasteiger partial charge in [-0.15, -0.1) is 0 Å². The number of rotatable bonds is 3. The van der Waals surface area contributed by atoms with E-state index >= 15 is 0 Å². The lowest BCUT2D eigenvalue weighted by atomic mass is 10.1. The molecule has 64 valence electrons. The van der Waals surface area contributed by atoms with Gasteiger partial charge in [0.05, 0.1) is 6.61 Å². The largest absolute Gasteiger partial charge is 0.465 e. The van der Waals surface area contributed by atoms with Gasteiger partial charge in [0.1, 0.15) is 5.92 Å². The fourth-order valence-electron chi connectivity index (χ4n) is 1.18. The summed E-state index contributed by atoms with van der Waals surface area (Å²) < 4.78 is 14.6. The molecule has 0 aromatic carbocycles. The normalized spacial score (nSPS) is 24.3. The zero-order valence-corrected chi connectivity index (χ0v) is 6.70. The van der Waals surface area contributed by atoms with Crippen LogP contribution in [0.4, 0.5) is 0 Å². The molecule has 1 aliphatic rings. The average molecular weight is 160 g/mol. The number of methoxy groups -OCH3 is 2. The van der Waals surface area contributed by atoms with Crippen molar-refractivity contribution in [1.29, 1.82) is 0 Å². The van der Waals surface area contributed by atoms with Gasteiger partial charge in [0, 0.05) is 14.2 Å². The molecule has 11 heavy (non-hydrogen) atoms. The Morgan fingerprint density at radius 3 is 2.55 bits per heavy atom. The van der Waals surface area contributed by atoms with Crippen molar-refractivity contribution >= 4 is 5.97 Å². The quantitative estimate of drug-likeness (QED) is 0.436. The average Bonchev–Trinajstić information content (AvgIpc) is 2.40. The van der Waals surface area contributed by atoms with Crippen LogP contribution in [0.1, 0.15) is 6.42 Å². The molecule has 0 N–H and O–H groups in total. The predicted octanol–water partition coefficient (Wildman–Crippen LogP) is 0.168. The maximum Gasteiger partial charge on any atom is 0.314 e. The number of esters is 1. The Kier molecular flexibility index (Phi) is 2.84. The van der Waals surface area contributed by atoms with Crippen LogP contribution in [-0.2, 0) is 19.0 Å². The second-order valence-corrected chi connectivity index (χ2v) is 2.40. The summed E-state index contributed by atoms with van der Waals surface area (Å²) in [6.45, 7) is 0.479. The smallest absolute Gasteiger partial charge is 0.314 e. The number of cyclic esters (lactones) is 1. The van der Waals surface area contributed by atoms with Crippen molar-refractivity contribution in [3.05, 3.63) is 0 Å². The molecule has 1 saturated heterocycles. The highest BCUT2D eigenvalue weighted by Crippen LogP contribution is 2.20. The van der Waals surface area contributed by atoms with E-state index in [0.717, 1.165) is 0 Å². The number of ether oxygens (including phenoxy) is 3. The summed E-state index contributed by atoms with van der Waals surface area (Å²) in [6.07, 6.45) is 0.232. The first-order chi connectivity index (χ1) is 5.29. The summed E-state index contributed by atoms with van der Waals surface area (Å²) in [4.78, 5) is 11.0. The lowest BCUT2D eigenvalue weighted by Gasteiger charge is -2.16. The van der Waals surface area contributed by atoms with Crippen molar-refractivity contribution in [2.75, 3.05) is 20.8 Å². The van der Waals surface area contributed by atoms with E-state index in [4.69, 9.17) is 14.2 Å².